The van der Waals surface area contributed by atoms with E-state index in [0.717, 1.165) is 12.8 Å². The van der Waals surface area contributed by atoms with Crippen molar-refractivity contribution in [3.8, 4) is 0 Å². The third-order valence-electron chi connectivity index (χ3n) is 4.38. The highest BCUT2D eigenvalue weighted by molar-refractivity contribution is 7.89. The molecule has 3 rings (SSSR count). The molecule has 0 aromatic heterocycles. The molecule has 6 nitrogen and oxygen atoms in total. The molecule has 2 aromatic rings. The molecule has 0 radical (unpaired) electrons. The molecule has 1 aliphatic rings. The molecule has 1 atom stereocenters. The summed E-state index contributed by atoms with van der Waals surface area (Å²) in [6.45, 7) is 2.51. The van der Waals surface area contributed by atoms with Crippen LogP contribution in [-0.4, -0.2) is 33.6 Å². The number of rotatable bonds is 6. The van der Waals surface area contributed by atoms with E-state index in [1.807, 2.05) is 0 Å². The first-order valence-corrected chi connectivity index (χ1v) is 10.1. The number of nitrogens with one attached hydrogen (secondary N) is 2. The van der Waals surface area contributed by atoms with Crippen molar-refractivity contribution in [2.45, 2.75) is 30.8 Å². The minimum atomic E-state index is -3.67. The van der Waals surface area contributed by atoms with Gasteiger partial charge in [-0.25, -0.2) is 17.5 Å². The van der Waals surface area contributed by atoms with Crippen LogP contribution >= 0.6 is 0 Å². The highest BCUT2D eigenvalue weighted by atomic mass is 32.2. The minimum Gasteiger partial charge on any atom is -0.377 e. The Balaban J connectivity index is 1.64. The summed E-state index contributed by atoms with van der Waals surface area (Å²) < 4.78 is 46.1. The fourth-order valence-electron chi connectivity index (χ4n) is 2.75. The van der Waals surface area contributed by atoms with Gasteiger partial charge < -0.3 is 10.1 Å². The van der Waals surface area contributed by atoms with E-state index in [1.54, 1.807) is 19.1 Å². The SMILES string of the molecule is Cc1ccc(NC(=O)c2ccc(S(=O)(=O)NC[C@H]3CCCO3)cc2)cc1F. The van der Waals surface area contributed by atoms with E-state index in [9.17, 15) is 17.6 Å². The van der Waals surface area contributed by atoms with Crippen LogP contribution in [0.2, 0.25) is 0 Å². The number of halogens is 1. The first-order chi connectivity index (χ1) is 12.8. The molecule has 1 saturated heterocycles. The fourth-order valence-corrected chi connectivity index (χ4v) is 3.82. The van der Waals surface area contributed by atoms with Crippen LogP contribution in [0.5, 0.6) is 0 Å². The quantitative estimate of drug-likeness (QED) is 0.792. The number of hydrogen-bond donors (Lipinski definition) is 2. The Kier molecular flexibility index (Phi) is 5.88. The Morgan fingerprint density at radius 2 is 1.96 bits per heavy atom. The van der Waals surface area contributed by atoms with Gasteiger partial charge in [-0.05, 0) is 61.7 Å². The maximum Gasteiger partial charge on any atom is 0.255 e. The number of anilines is 1. The normalized spacial score (nSPS) is 17.0. The van der Waals surface area contributed by atoms with Crippen molar-refractivity contribution in [2.75, 3.05) is 18.5 Å². The number of amides is 1. The Morgan fingerprint density at radius 3 is 2.59 bits per heavy atom. The van der Waals surface area contributed by atoms with Crippen molar-refractivity contribution in [2.24, 2.45) is 0 Å². The number of carbonyl (C=O) groups excluding carboxylic acids is 1. The van der Waals surface area contributed by atoms with Crippen molar-refractivity contribution >= 4 is 21.6 Å². The number of carbonyl (C=O) groups is 1. The molecule has 27 heavy (non-hydrogen) atoms. The van der Waals surface area contributed by atoms with Crippen LogP contribution in [0.1, 0.15) is 28.8 Å². The topological polar surface area (TPSA) is 84.5 Å². The van der Waals surface area contributed by atoms with Gasteiger partial charge in [0.25, 0.3) is 5.91 Å². The van der Waals surface area contributed by atoms with Crippen molar-refractivity contribution in [1.29, 1.82) is 0 Å². The second kappa shape index (κ2) is 8.16. The molecule has 0 bridgehead atoms. The summed E-state index contributed by atoms with van der Waals surface area (Å²) in [7, 11) is -3.67. The van der Waals surface area contributed by atoms with Gasteiger partial charge in [-0.15, -0.1) is 0 Å². The van der Waals surface area contributed by atoms with E-state index in [4.69, 9.17) is 4.74 Å². The molecular formula is C19H21FN2O4S. The lowest BCUT2D eigenvalue weighted by atomic mass is 10.2. The monoisotopic (exact) mass is 392 g/mol. The molecular weight excluding hydrogens is 371 g/mol. The summed E-state index contributed by atoms with van der Waals surface area (Å²) in [5.41, 5.74) is 1.09. The first-order valence-electron chi connectivity index (χ1n) is 8.64. The molecule has 1 fully saturated rings. The van der Waals surface area contributed by atoms with Crippen LogP contribution < -0.4 is 10.0 Å². The lowest BCUT2D eigenvalue weighted by molar-refractivity contribution is 0.102. The maximum absolute atomic E-state index is 13.6. The van der Waals surface area contributed by atoms with Crippen LogP contribution in [0.3, 0.4) is 0 Å². The van der Waals surface area contributed by atoms with Gasteiger partial charge in [0.1, 0.15) is 5.82 Å². The molecule has 1 amide bonds. The van der Waals surface area contributed by atoms with Crippen molar-refractivity contribution in [3.05, 3.63) is 59.4 Å². The average molecular weight is 392 g/mol. The molecule has 1 heterocycles. The standard InChI is InChI=1S/C19H21FN2O4S/c1-13-4-7-15(11-18(13)20)22-19(23)14-5-8-17(9-6-14)27(24,25)21-12-16-3-2-10-26-16/h4-9,11,16,21H,2-3,10,12H2,1H3,(H,22,23)/t16-/m1/s1. The molecule has 8 heteroatoms. The number of benzene rings is 2. The van der Waals surface area contributed by atoms with Gasteiger partial charge in [0, 0.05) is 24.4 Å². The lowest BCUT2D eigenvalue weighted by Gasteiger charge is -2.12. The molecule has 2 aromatic carbocycles. The largest absolute Gasteiger partial charge is 0.377 e. The Hall–Kier alpha value is -2.29. The van der Waals surface area contributed by atoms with Crippen LogP contribution in [0, 0.1) is 12.7 Å². The summed E-state index contributed by atoms with van der Waals surface area (Å²) in [5.74, 6) is -0.860. The molecule has 144 valence electrons. The highest BCUT2D eigenvalue weighted by Gasteiger charge is 2.20. The molecule has 0 saturated carbocycles. The predicted molar refractivity (Wildman–Crippen MR) is 99.7 cm³/mol. The molecule has 1 aliphatic heterocycles. The third kappa shape index (κ3) is 4.91. The van der Waals surface area contributed by atoms with E-state index in [1.165, 1.54) is 30.3 Å². The molecule has 2 N–H and O–H groups in total. The molecule has 0 unspecified atom stereocenters. The van der Waals surface area contributed by atoms with E-state index in [2.05, 4.69) is 10.0 Å². The van der Waals surface area contributed by atoms with E-state index in [0.29, 0.717) is 17.9 Å². The molecule has 0 aliphatic carbocycles. The van der Waals surface area contributed by atoms with E-state index in [-0.39, 0.29) is 23.1 Å². The Bertz CT molecular complexity index is 923. The Labute approximate surface area is 157 Å². The summed E-state index contributed by atoms with van der Waals surface area (Å²) in [6.07, 6.45) is 1.67. The van der Waals surface area contributed by atoms with Gasteiger partial charge in [0.05, 0.1) is 11.0 Å². The fraction of sp³-hybridized carbons (Fsp3) is 0.316. The number of ether oxygens (including phenoxy) is 1. The zero-order valence-corrected chi connectivity index (χ0v) is 15.7. The van der Waals surface area contributed by atoms with Crippen LogP contribution in [-0.2, 0) is 14.8 Å². The van der Waals surface area contributed by atoms with Gasteiger partial charge in [0.15, 0.2) is 0 Å². The van der Waals surface area contributed by atoms with Crippen LogP contribution in [0.4, 0.5) is 10.1 Å². The zero-order chi connectivity index (χ0) is 19.4. The predicted octanol–water partition coefficient (Wildman–Crippen LogP) is 2.84. The number of aryl methyl sites for hydroxylation is 1. The van der Waals surface area contributed by atoms with Crippen molar-refractivity contribution in [3.63, 3.8) is 0 Å². The summed E-state index contributed by atoms with van der Waals surface area (Å²) in [6, 6.07) is 9.97. The third-order valence-corrected chi connectivity index (χ3v) is 5.82. The van der Waals surface area contributed by atoms with E-state index >= 15 is 0 Å². The van der Waals surface area contributed by atoms with Gasteiger partial charge in [-0.3, -0.25) is 4.79 Å². The second-order valence-electron chi connectivity index (χ2n) is 6.43. The van der Waals surface area contributed by atoms with Crippen molar-refractivity contribution in [1.82, 2.24) is 4.72 Å². The second-order valence-corrected chi connectivity index (χ2v) is 8.20. The Morgan fingerprint density at radius 1 is 1.22 bits per heavy atom. The zero-order valence-electron chi connectivity index (χ0n) is 14.9. The van der Waals surface area contributed by atoms with Crippen LogP contribution in [0.15, 0.2) is 47.4 Å². The van der Waals surface area contributed by atoms with Gasteiger partial charge in [-0.2, -0.15) is 0 Å². The lowest BCUT2D eigenvalue weighted by Crippen LogP contribution is -2.31. The van der Waals surface area contributed by atoms with E-state index < -0.39 is 21.7 Å². The minimum absolute atomic E-state index is 0.0680. The highest BCUT2D eigenvalue weighted by Crippen LogP contribution is 2.17. The summed E-state index contributed by atoms with van der Waals surface area (Å²) in [4.78, 5) is 12.3. The van der Waals surface area contributed by atoms with Gasteiger partial charge in [0.2, 0.25) is 10.0 Å². The van der Waals surface area contributed by atoms with Gasteiger partial charge >= 0.3 is 0 Å². The van der Waals surface area contributed by atoms with Crippen molar-refractivity contribution < 1.29 is 22.3 Å². The maximum atomic E-state index is 13.6. The number of hydrogen-bond acceptors (Lipinski definition) is 4. The number of sulfonamides is 1. The first kappa shape index (κ1) is 19.5. The van der Waals surface area contributed by atoms with Gasteiger partial charge in [-0.1, -0.05) is 6.07 Å². The smallest absolute Gasteiger partial charge is 0.255 e. The average Bonchev–Trinajstić information content (AvgIpc) is 3.17. The summed E-state index contributed by atoms with van der Waals surface area (Å²) >= 11 is 0. The molecule has 0 spiro atoms. The van der Waals surface area contributed by atoms with Crippen LogP contribution in [0.25, 0.3) is 0 Å². The summed E-state index contributed by atoms with van der Waals surface area (Å²) in [5, 5.41) is 2.59.